The van der Waals surface area contributed by atoms with Gasteiger partial charge in [0.1, 0.15) is 12.4 Å². The molecule has 1 unspecified atom stereocenters. The Bertz CT molecular complexity index is 406. The van der Waals surface area contributed by atoms with Crippen molar-refractivity contribution in [2.75, 3.05) is 20.4 Å². The summed E-state index contributed by atoms with van der Waals surface area (Å²) in [5, 5.41) is 0. The molecule has 16 heavy (non-hydrogen) atoms. The number of hydrogen-bond donors (Lipinski definition) is 1. The molecule has 6 heteroatoms. The van der Waals surface area contributed by atoms with Gasteiger partial charge in [0.2, 0.25) is 0 Å². The van der Waals surface area contributed by atoms with Crippen molar-refractivity contribution in [2.45, 2.75) is 0 Å². The van der Waals surface area contributed by atoms with E-state index in [-0.39, 0.29) is 5.78 Å². The normalized spacial score (nSPS) is 14.2. The van der Waals surface area contributed by atoms with Gasteiger partial charge in [-0.25, -0.2) is 0 Å². The molecule has 0 saturated heterocycles. The van der Waals surface area contributed by atoms with E-state index in [4.69, 9.17) is 9.63 Å². The van der Waals surface area contributed by atoms with Crippen molar-refractivity contribution in [1.82, 2.24) is 0 Å². The minimum Gasteiger partial charge on any atom is -0.497 e. The molecule has 0 spiro atoms. The van der Waals surface area contributed by atoms with Crippen molar-refractivity contribution >= 4 is 13.4 Å². The first-order valence-electron chi connectivity index (χ1n) is 4.54. The third-order valence-corrected chi connectivity index (χ3v) is 2.46. The Morgan fingerprint density at radius 2 is 1.94 bits per heavy atom. The fourth-order valence-corrected chi connectivity index (χ4v) is 1.40. The van der Waals surface area contributed by atoms with Crippen LogP contribution in [0.15, 0.2) is 24.3 Å². The molecule has 1 aromatic carbocycles. The van der Waals surface area contributed by atoms with Gasteiger partial charge in [-0.1, -0.05) is 0 Å². The molecule has 1 atom stereocenters. The largest absolute Gasteiger partial charge is 0.497 e. The van der Waals surface area contributed by atoms with Crippen LogP contribution in [-0.4, -0.2) is 31.1 Å². The summed E-state index contributed by atoms with van der Waals surface area (Å²) in [6.07, 6.45) is 0. The summed E-state index contributed by atoms with van der Waals surface area (Å²) < 4.78 is 20.3. The molecule has 0 aromatic heterocycles. The molecule has 1 N–H and O–H groups in total. The SMILES string of the molecule is COc1ccc(C(=O)COP(C)(=O)O)cc1. The first-order chi connectivity index (χ1) is 7.42. The predicted octanol–water partition coefficient (Wildman–Crippen LogP) is 1.71. The third kappa shape index (κ3) is 4.14. The zero-order valence-corrected chi connectivity index (χ0v) is 9.94. The highest BCUT2D eigenvalue weighted by Gasteiger charge is 2.14. The zero-order chi connectivity index (χ0) is 12.2. The maximum atomic E-state index is 11.5. The van der Waals surface area contributed by atoms with Crippen LogP contribution < -0.4 is 4.74 Å². The fraction of sp³-hybridized carbons (Fsp3) is 0.300. The molecule has 1 rings (SSSR count). The van der Waals surface area contributed by atoms with Crippen LogP contribution in [0.25, 0.3) is 0 Å². The Kier molecular flexibility index (Phi) is 4.24. The minimum atomic E-state index is -3.60. The Morgan fingerprint density at radius 3 is 2.38 bits per heavy atom. The maximum Gasteiger partial charge on any atom is 0.325 e. The average Bonchev–Trinajstić information content (AvgIpc) is 2.25. The van der Waals surface area contributed by atoms with Gasteiger partial charge in [0, 0.05) is 12.2 Å². The van der Waals surface area contributed by atoms with E-state index in [9.17, 15) is 9.36 Å². The van der Waals surface area contributed by atoms with Crippen LogP contribution in [0.1, 0.15) is 10.4 Å². The smallest absolute Gasteiger partial charge is 0.325 e. The quantitative estimate of drug-likeness (QED) is 0.630. The second-order valence-electron chi connectivity index (χ2n) is 3.23. The highest BCUT2D eigenvalue weighted by molar-refractivity contribution is 7.51. The molecule has 0 aliphatic rings. The summed E-state index contributed by atoms with van der Waals surface area (Å²) in [6.45, 7) is 0.630. The molecule has 0 bridgehead atoms. The molecule has 0 saturated carbocycles. The Hall–Kier alpha value is -1.16. The summed E-state index contributed by atoms with van der Waals surface area (Å²) >= 11 is 0. The summed E-state index contributed by atoms with van der Waals surface area (Å²) in [5.74, 6) is 0.291. The van der Waals surface area contributed by atoms with E-state index in [1.54, 1.807) is 24.3 Å². The molecule has 0 aliphatic carbocycles. The molecule has 0 fully saturated rings. The lowest BCUT2D eigenvalue weighted by molar-refractivity contribution is 0.0911. The van der Waals surface area contributed by atoms with Gasteiger partial charge in [0.25, 0.3) is 0 Å². The van der Waals surface area contributed by atoms with Crippen molar-refractivity contribution in [1.29, 1.82) is 0 Å². The molecule has 0 heterocycles. The highest BCUT2D eigenvalue weighted by atomic mass is 31.2. The number of ether oxygens (including phenoxy) is 1. The van der Waals surface area contributed by atoms with Crippen molar-refractivity contribution in [3.05, 3.63) is 29.8 Å². The van der Waals surface area contributed by atoms with Gasteiger partial charge in [-0.15, -0.1) is 0 Å². The number of rotatable bonds is 5. The van der Waals surface area contributed by atoms with Gasteiger partial charge in [-0.2, -0.15) is 0 Å². The van der Waals surface area contributed by atoms with E-state index in [0.717, 1.165) is 6.66 Å². The molecule has 0 radical (unpaired) electrons. The van der Waals surface area contributed by atoms with E-state index < -0.39 is 14.2 Å². The van der Waals surface area contributed by atoms with Crippen LogP contribution in [0, 0.1) is 0 Å². The second kappa shape index (κ2) is 5.25. The van der Waals surface area contributed by atoms with Gasteiger partial charge in [-0.05, 0) is 24.3 Å². The van der Waals surface area contributed by atoms with E-state index in [1.165, 1.54) is 7.11 Å². The first kappa shape index (κ1) is 12.9. The summed E-state index contributed by atoms with van der Waals surface area (Å²) in [5.41, 5.74) is 0.411. The van der Waals surface area contributed by atoms with Crippen LogP contribution in [-0.2, 0) is 9.09 Å². The lowest BCUT2D eigenvalue weighted by Crippen LogP contribution is -2.07. The van der Waals surface area contributed by atoms with Crippen LogP contribution in [0.5, 0.6) is 5.75 Å². The number of hydrogen-bond acceptors (Lipinski definition) is 4. The van der Waals surface area contributed by atoms with Crippen molar-refractivity contribution in [3.8, 4) is 5.75 Å². The first-order valence-corrected chi connectivity index (χ1v) is 6.57. The Labute approximate surface area is 93.5 Å². The molecule has 1 aromatic rings. The standard InChI is InChI=1S/C10H13O5P/c1-14-9-5-3-8(4-6-9)10(11)7-15-16(2,12)13/h3-6H,7H2,1-2H3,(H,12,13). The zero-order valence-electron chi connectivity index (χ0n) is 9.04. The number of methoxy groups -OCH3 is 1. The number of benzene rings is 1. The number of carbonyl (C=O) groups excluding carboxylic acids is 1. The van der Waals surface area contributed by atoms with Gasteiger partial charge in [-0.3, -0.25) is 9.36 Å². The topological polar surface area (TPSA) is 72.8 Å². The third-order valence-electron chi connectivity index (χ3n) is 1.85. The molecule has 5 nitrogen and oxygen atoms in total. The number of carbonyl (C=O) groups is 1. The van der Waals surface area contributed by atoms with Crippen LogP contribution in [0.2, 0.25) is 0 Å². The van der Waals surface area contributed by atoms with Gasteiger partial charge < -0.3 is 14.2 Å². The van der Waals surface area contributed by atoms with Crippen molar-refractivity contribution < 1.29 is 23.5 Å². The monoisotopic (exact) mass is 244 g/mol. The minimum absolute atomic E-state index is 0.348. The van der Waals surface area contributed by atoms with Crippen molar-refractivity contribution in [2.24, 2.45) is 0 Å². The summed E-state index contributed by atoms with van der Waals surface area (Å²) in [6, 6.07) is 6.42. The molecule has 0 aliphatic heterocycles. The van der Waals surface area contributed by atoms with Crippen molar-refractivity contribution in [3.63, 3.8) is 0 Å². The predicted molar refractivity (Wildman–Crippen MR) is 59.0 cm³/mol. The number of ketones is 1. The van der Waals surface area contributed by atoms with Crippen LogP contribution >= 0.6 is 7.60 Å². The van der Waals surface area contributed by atoms with E-state index in [1.807, 2.05) is 0 Å². The average molecular weight is 244 g/mol. The fourth-order valence-electron chi connectivity index (χ4n) is 1.04. The maximum absolute atomic E-state index is 11.5. The van der Waals surface area contributed by atoms with Gasteiger partial charge in [0.05, 0.1) is 7.11 Å². The molecular formula is C10H13O5P. The lowest BCUT2D eigenvalue weighted by Gasteiger charge is -2.06. The van der Waals surface area contributed by atoms with Gasteiger partial charge in [0.15, 0.2) is 5.78 Å². The van der Waals surface area contributed by atoms with E-state index in [0.29, 0.717) is 11.3 Å². The lowest BCUT2D eigenvalue weighted by atomic mass is 10.1. The molecular weight excluding hydrogens is 231 g/mol. The highest BCUT2D eigenvalue weighted by Crippen LogP contribution is 2.36. The summed E-state index contributed by atoms with van der Waals surface area (Å²) in [4.78, 5) is 20.3. The number of Topliss-reactive ketones (excluding diaryl/α,β-unsaturated/α-hetero) is 1. The molecule has 88 valence electrons. The van der Waals surface area contributed by atoms with E-state index >= 15 is 0 Å². The Morgan fingerprint density at radius 1 is 1.38 bits per heavy atom. The summed E-state index contributed by atoms with van der Waals surface area (Å²) in [7, 11) is -2.07. The van der Waals surface area contributed by atoms with Crippen LogP contribution in [0.3, 0.4) is 0 Å². The second-order valence-corrected chi connectivity index (χ2v) is 5.09. The van der Waals surface area contributed by atoms with Gasteiger partial charge >= 0.3 is 7.60 Å². The van der Waals surface area contributed by atoms with E-state index in [2.05, 4.69) is 4.52 Å². The van der Waals surface area contributed by atoms with Crippen LogP contribution in [0.4, 0.5) is 0 Å². The Balaban J connectivity index is 2.63. The molecule has 0 amide bonds.